The van der Waals surface area contributed by atoms with Crippen molar-refractivity contribution in [2.24, 2.45) is 5.92 Å². The lowest BCUT2D eigenvalue weighted by molar-refractivity contribution is 0.301. The molecule has 1 saturated carbocycles. The molecule has 1 heterocycles. The number of halogens is 1. The normalized spacial score (nSPS) is 35.3. The van der Waals surface area contributed by atoms with Gasteiger partial charge in [0.05, 0.1) is 5.02 Å². The molecule has 1 fully saturated rings. The predicted molar refractivity (Wildman–Crippen MR) is 47.8 cm³/mol. The largest absolute Gasteiger partial charge is 0.488 e. The molecule has 1 nitrogen and oxygen atoms in total. The summed E-state index contributed by atoms with van der Waals surface area (Å²) in [6.07, 6.45) is 0.417. The van der Waals surface area contributed by atoms with Crippen LogP contribution in [0.15, 0.2) is 18.2 Å². The smallest absolute Gasteiger partial charge is 0.141 e. The van der Waals surface area contributed by atoms with E-state index in [0.717, 1.165) is 10.8 Å². The number of rotatable bonds is 0. The van der Waals surface area contributed by atoms with E-state index in [2.05, 4.69) is 13.0 Å². The van der Waals surface area contributed by atoms with Crippen molar-refractivity contribution >= 4 is 11.6 Å². The highest BCUT2D eigenvalue weighted by molar-refractivity contribution is 6.32. The fourth-order valence-electron chi connectivity index (χ4n) is 2.12. The standard InChI is InChI=1S/C10H9ClO/c1-5-8-6-3-2-4-7(11)10(6)12-9(5)8/h2-5,8-9H,1H3. The number of benzene rings is 1. The molecule has 62 valence electrons. The van der Waals surface area contributed by atoms with E-state index in [-0.39, 0.29) is 0 Å². The zero-order chi connectivity index (χ0) is 8.29. The Bertz CT molecular complexity index is 348. The summed E-state index contributed by atoms with van der Waals surface area (Å²) in [4.78, 5) is 0. The van der Waals surface area contributed by atoms with Crippen LogP contribution in [0.25, 0.3) is 0 Å². The zero-order valence-electron chi connectivity index (χ0n) is 6.75. The summed E-state index contributed by atoms with van der Waals surface area (Å²) in [5.41, 5.74) is 1.31. The lowest BCUT2D eigenvalue weighted by Gasteiger charge is -2.06. The van der Waals surface area contributed by atoms with Crippen LogP contribution in [0.2, 0.25) is 5.02 Å². The van der Waals surface area contributed by atoms with Crippen LogP contribution in [0.5, 0.6) is 5.75 Å². The molecule has 0 N–H and O–H groups in total. The maximum atomic E-state index is 5.98. The maximum Gasteiger partial charge on any atom is 0.141 e. The predicted octanol–water partition coefficient (Wildman–Crippen LogP) is 2.83. The van der Waals surface area contributed by atoms with Crippen LogP contribution in [-0.4, -0.2) is 6.10 Å². The Balaban J connectivity index is 2.16. The van der Waals surface area contributed by atoms with Crippen molar-refractivity contribution in [3.63, 3.8) is 0 Å². The number of fused-ring (bicyclic) bond motifs is 3. The van der Waals surface area contributed by atoms with Gasteiger partial charge in [0.15, 0.2) is 0 Å². The zero-order valence-corrected chi connectivity index (χ0v) is 7.51. The molecule has 2 heteroatoms. The minimum atomic E-state index is 0.417. The highest BCUT2D eigenvalue weighted by Crippen LogP contribution is 2.59. The molecule has 1 aromatic carbocycles. The highest BCUT2D eigenvalue weighted by atomic mass is 35.5. The fraction of sp³-hybridized carbons (Fsp3) is 0.400. The first-order valence-corrected chi connectivity index (χ1v) is 4.62. The number of hydrogen-bond donors (Lipinski definition) is 0. The lowest BCUT2D eigenvalue weighted by atomic mass is 10.1. The van der Waals surface area contributed by atoms with Crippen molar-refractivity contribution in [2.75, 3.05) is 0 Å². The third-order valence-corrected chi connectivity index (χ3v) is 3.21. The molecule has 3 rings (SSSR count). The van der Waals surface area contributed by atoms with Gasteiger partial charge in [-0.2, -0.15) is 0 Å². The third kappa shape index (κ3) is 0.656. The van der Waals surface area contributed by atoms with Crippen LogP contribution in [0.3, 0.4) is 0 Å². The average Bonchev–Trinajstić information content (AvgIpc) is 2.57. The second-order valence-electron chi connectivity index (χ2n) is 3.63. The molecule has 0 bridgehead atoms. The van der Waals surface area contributed by atoms with E-state index in [9.17, 15) is 0 Å². The van der Waals surface area contributed by atoms with E-state index in [1.807, 2.05) is 12.1 Å². The first-order valence-electron chi connectivity index (χ1n) is 4.24. The molecule has 3 unspecified atom stereocenters. The van der Waals surface area contributed by atoms with E-state index in [4.69, 9.17) is 16.3 Å². The van der Waals surface area contributed by atoms with Crippen molar-refractivity contribution in [1.29, 1.82) is 0 Å². The summed E-state index contributed by atoms with van der Waals surface area (Å²) >= 11 is 5.98. The summed E-state index contributed by atoms with van der Waals surface area (Å²) in [6.45, 7) is 2.22. The van der Waals surface area contributed by atoms with Crippen LogP contribution in [0.4, 0.5) is 0 Å². The van der Waals surface area contributed by atoms with Gasteiger partial charge < -0.3 is 4.74 Å². The van der Waals surface area contributed by atoms with E-state index in [1.54, 1.807) is 0 Å². The van der Waals surface area contributed by atoms with Gasteiger partial charge in [0.2, 0.25) is 0 Å². The van der Waals surface area contributed by atoms with E-state index >= 15 is 0 Å². The minimum Gasteiger partial charge on any atom is -0.488 e. The first kappa shape index (κ1) is 6.79. The number of ether oxygens (including phenoxy) is 1. The molecular weight excluding hydrogens is 172 g/mol. The molecular formula is C10H9ClO. The first-order chi connectivity index (χ1) is 5.79. The topological polar surface area (TPSA) is 9.23 Å². The van der Waals surface area contributed by atoms with Gasteiger partial charge in [0, 0.05) is 17.4 Å². The molecule has 1 aliphatic heterocycles. The SMILES string of the molecule is CC1C2Oc3c(Cl)cccc3C12. The molecule has 0 saturated heterocycles. The molecule has 1 aromatic rings. The summed E-state index contributed by atoms with van der Waals surface area (Å²) in [5, 5.41) is 0.756. The average molecular weight is 181 g/mol. The van der Waals surface area contributed by atoms with Crippen molar-refractivity contribution in [3.8, 4) is 5.75 Å². The van der Waals surface area contributed by atoms with E-state index < -0.39 is 0 Å². The summed E-state index contributed by atoms with van der Waals surface area (Å²) in [5.74, 6) is 2.24. The molecule has 12 heavy (non-hydrogen) atoms. The van der Waals surface area contributed by atoms with E-state index in [1.165, 1.54) is 5.56 Å². The summed E-state index contributed by atoms with van der Waals surface area (Å²) < 4.78 is 5.69. The lowest BCUT2D eigenvalue weighted by Crippen LogP contribution is -1.96. The van der Waals surface area contributed by atoms with Crippen molar-refractivity contribution < 1.29 is 4.74 Å². The van der Waals surface area contributed by atoms with Crippen molar-refractivity contribution in [2.45, 2.75) is 18.9 Å². The monoisotopic (exact) mass is 180 g/mol. The van der Waals surface area contributed by atoms with Gasteiger partial charge in [-0.15, -0.1) is 0 Å². The highest BCUT2D eigenvalue weighted by Gasteiger charge is 2.56. The molecule has 0 spiro atoms. The van der Waals surface area contributed by atoms with E-state index in [0.29, 0.717) is 17.9 Å². The van der Waals surface area contributed by atoms with Crippen LogP contribution in [-0.2, 0) is 0 Å². The van der Waals surface area contributed by atoms with Crippen LogP contribution in [0.1, 0.15) is 18.4 Å². The molecule has 0 aromatic heterocycles. The van der Waals surface area contributed by atoms with Gasteiger partial charge >= 0.3 is 0 Å². The Morgan fingerprint density at radius 2 is 2.25 bits per heavy atom. The Morgan fingerprint density at radius 1 is 1.42 bits per heavy atom. The second-order valence-corrected chi connectivity index (χ2v) is 4.03. The molecule has 0 amide bonds. The van der Waals surface area contributed by atoms with Crippen LogP contribution >= 0.6 is 11.6 Å². The minimum absolute atomic E-state index is 0.417. The Kier molecular flexibility index (Phi) is 1.11. The van der Waals surface area contributed by atoms with Gasteiger partial charge in [-0.05, 0) is 6.07 Å². The van der Waals surface area contributed by atoms with Gasteiger partial charge in [-0.3, -0.25) is 0 Å². The van der Waals surface area contributed by atoms with Crippen molar-refractivity contribution in [1.82, 2.24) is 0 Å². The Labute approximate surface area is 76.3 Å². The summed E-state index contributed by atoms with van der Waals surface area (Å²) in [6, 6.07) is 6.00. The number of para-hydroxylation sites is 1. The Hall–Kier alpha value is -0.690. The maximum absolute atomic E-state index is 5.98. The van der Waals surface area contributed by atoms with Gasteiger partial charge in [-0.1, -0.05) is 30.7 Å². The molecule has 0 radical (unpaired) electrons. The molecule has 3 atom stereocenters. The fourth-order valence-corrected chi connectivity index (χ4v) is 2.34. The number of hydrogen-bond acceptors (Lipinski definition) is 1. The molecule has 1 aliphatic carbocycles. The second kappa shape index (κ2) is 1.97. The van der Waals surface area contributed by atoms with Crippen molar-refractivity contribution in [3.05, 3.63) is 28.8 Å². The van der Waals surface area contributed by atoms with Gasteiger partial charge in [-0.25, -0.2) is 0 Å². The van der Waals surface area contributed by atoms with Gasteiger partial charge in [0.1, 0.15) is 11.9 Å². The molecule has 2 aliphatic rings. The van der Waals surface area contributed by atoms with Crippen LogP contribution in [0, 0.1) is 5.92 Å². The summed E-state index contributed by atoms with van der Waals surface area (Å²) in [7, 11) is 0. The third-order valence-electron chi connectivity index (χ3n) is 2.91. The van der Waals surface area contributed by atoms with Crippen LogP contribution < -0.4 is 4.74 Å². The quantitative estimate of drug-likeness (QED) is 0.597. The van der Waals surface area contributed by atoms with Gasteiger partial charge in [0.25, 0.3) is 0 Å². The Morgan fingerprint density at radius 3 is 3.08 bits per heavy atom.